The molecule has 0 amide bonds. The van der Waals surface area contributed by atoms with Gasteiger partial charge in [-0.1, -0.05) is 13.8 Å². The van der Waals surface area contributed by atoms with Crippen LogP contribution in [0.5, 0.6) is 0 Å². The molecule has 1 aromatic heterocycles. The van der Waals surface area contributed by atoms with Crippen LogP contribution in [0, 0.1) is 25.7 Å². The number of hydrogen-bond donors (Lipinski definition) is 1. The van der Waals surface area contributed by atoms with E-state index < -0.39 is 0 Å². The van der Waals surface area contributed by atoms with Gasteiger partial charge in [0.25, 0.3) is 0 Å². The van der Waals surface area contributed by atoms with Gasteiger partial charge >= 0.3 is 0 Å². The number of rotatable bonds is 3. The highest BCUT2D eigenvalue weighted by molar-refractivity contribution is 5.24. The van der Waals surface area contributed by atoms with Crippen LogP contribution in [0.15, 0.2) is 0 Å². The Bertz CT molecular complexity index is 408. The Morgan fingerprint density at radius 2 is 1.94 bits per heavy atom. The summed E-state index contributed by atoms with van der Waals surface area (Å²) in [5.74, 6) is 1.69. The van der Waals surface area contributed by atoms with Crippen LogP contribution in [-0.4, -0.2) is 16.8 Å². The zero-order chi connectivity index (χ0) is 13.3. The SMILES string of the molecule is CNCc1c(C)nn(C2CCC(C)C(C)C2)c1C. The number of nitrogens with zero attached hydrogens (tertiary/aromatic N) is 2. The summed E-state index contributed by atoms with van der Waals surface area (Å²) in [7, 11) is 2.00. The zero-order valence-corrected chi connectivity index (χ0v) is 12.5. The Hall–Kier alpha value is -0.830. The molecule has 3 atom stereocenters. The maximum absolute atomic E-state index is 4.79. The minimum atomic E-state index is 0.612. The normalized spacial score (nSPS) is 28.6. The molecule has 0 saturated heterocycles. The highest BCUT2D eigenvalue weighted by atomic mass is 15.3. The van der Waals surface area contributed by atoms with Gasteiger partial charge in [-0.25, -0.2) is 0 Å². The molecule has 0 aromatic carbocycles. The van der Waals surface area contributed by atoms with Gasteiger partial charge in [0.05, 0.1) is 11.7 Å². The van der Waals surface area contributed by atoms with E-state index in [4.69, 9.17) is 5.10 Å². The molecule has 1 N–H and O–H groups in total. The molecule has 3 unspecified atom stereocenters. The first kappa shape index (κ1) is 13.6. The monoisotopic (exact) mass is 249 g/mol. The van der Waals surface area contributed by atoms with Crippen molar-refractivity contribution in [2.75, 3.05) is 7.05 Å². The van der Waals surface area contributed by atoms with Crippen LogP contribution < -0.4 is 5.32 Å². The van der Waals surface area contributed by atoms with Crippen LogP contribution in [0.3, 0.4) is 0 Å². The fourth-order valence-corrected chi connectivity index (χ4v) is 3.23. The van der Waals surface area contributed by atoms with E-state index in [1.807, 2.05) is 7.05 Å². The van der Waals surface area contributed by atoms with Crippen LogP contribution in [-0.2, 0) is 6.54 Å². The van der Waals surface area contributed by atoms with Crippen LogP contribution in [0.1, 0.15) is 56.1 Å². The molecular weight excluding hydrogens is 222 g/mol. The third-order valence-electron chi connectivity index (χ3n) is 4.74. The van der Waals surface area contributed by atoms with Gasteiger partial charge < -0.3 is 5.32 Å². The summed E-state index contributed by atoms with van der Waals surface area (Å²) in [6, 6.07) is 0.612. The van der Waals surface area contributed by atoms with Crippen molar-refractivity contribution < 1.29 is 0 Å². The van der Waals surface area contributed by atoms with E-state index in [-0.39, 0.29) is 0 Å². The standard InChI is InChI=1S/C15H27N3/c1-10-6-7-14(8-11(10)2)18-13(4)15(9-16-5)12(3)17-18/h10-11,14,16H,6-9H2,1-5H3. The molecule has 0 spiro atoms. The molecule has 3 nitrogen and oxygen atoms in total. The third kappa shape index (κ3) is 2.46. The third-order valence-corrected chi connectivity index (χ3v) is 4.74. The lowest BCUT2D eigenvalue weighted by Gasteiger charge is -2.32. The Balaban J connectivity index is 2.21. The second kappa shape index (κ2) is 5.43. The molecule has 3 heteroatoms. The van der Waals surface area contributed by atoms with Gasteiger partial charge in [0.15, 0.2) is 0 Å². The van der Waals surface area contributed by atoms with Gasteiger partial charge in [-0.3, -0.25) is 4.68 Å². The summed E-state index contributed by atoms with van der Waals surface area (Å²) in [6.07, 6.45) is 3.90. The summed E-state index contributed by atoms with van der Waals surface area (Å²) >= 11 is 0. The first-order chi connectivity index (χ1) is 8.54. The van der Waals surface area contributed by atoms with E-state index in [0.29, 0.717) is 6.04 Å². The molecule has 102 valence electrons. The average Bonchev–Trinajstić information content (AvgIpc) is 2.61. The lowest BCUT2D eigenvalue weighted by atomic mass is 9.79. The highest BCUT2D eigenvalue weighted by Crippen LogP contribution is 2.37. The van der Waals surface area contributed by atoms with Crippen molar-refractivity contribution in [3.63, 3.8) is 0 Å². The highest BCUT2D eigenvalue weighted by Gasteiger charge is 2.27. The number of aromatic nitrogens is 2. The van der Waals surface area contributed by atoms with E-state index >= 15 is 0 Å². The fourth-order valence-electron chi connectivity index (χ4n) is 3.23. The predicted octanol–water partition coefficient (Wildman–Crippen LogP) is 3.22. The molecule has 1 heterocycles. The molecule has 1 fully saturated rings. The molecular formula is C15H27N3. The van der Waals surface area contributed by atoms with Gasteiger partial charge in [-0.2, -0.15) is 5.10 Å². The minimum absolute atomic E-state index is 0.612. The Morgan fingerprint density at radius 1 is 1.22 bits per heavy atom. The Labute approximate surface area is 111 Å². The van der Waals surface area contributed by atoms with E-state index in [9.17, 15) is 0 Å². The molecule has 1 aliphatic carbocycles. The smallest absolute Gasteiger partial charge is 0.0641 e. The second-order valence-electron chi connectivity index (χ2n) is 6.05. The molecule has 0 aliphatic heterocycles. The van der Waals surface area contributed by atoms with Crippen molar-refractivity contribution in [3.8, 4) is 0 Å². The molecule has 2 rings (SSSR count). The van der Waals surface area contributed by atoms with E-state index in [1.165, 1.54) is 36.2 Å². The summed E-state index contributed by atoms with van der Waals surface area (Å²) in [5.41, 5.74) is 3.92. The summed E-state index contributed by atoms with van der Waals surface area (Å²) < 4.78 is 2.30. The lowest BCUT2D eigenvalue weighted by Crippen LogP contribution is -2.24. The van der Waals surface area contributed by atoms with Gasteiger partial charge in [0.2, 0.25) is 0 Å². The molecule has 1 aliphatic rings. The Kier molecular flexibility index (Phi) is 4.10. The number of nitrogens with one attached hydrogen (secondary N) is 1. The fraction of sp³-hybridized carbons (Fsp3) is 0.800. The van der Waals surface area contributed by atoms with Gasteiger partial charge in [0.1, 0.15) is 0 Å². The van der Waals surface area contributed by atoms with E-state index in [2.05, 4.69) is 37.7 Å². The maximum atomic E-state index is 4.79. The molecule has 0 bridgehead atoms. The van der Waals surface area contributed by atoms with Crippen molar-refractivity contribution in [1.82, 2.24) is 15.1 Å². The maximum Gasteiger partial charge on any atom is 0.0641 e. The number of aryl methyl sites for hydroxylation is 1. The molecule has 18 heavy (non-hydrogen) atoms. The molecule has 1 saturated carbocycles. The van der Waals surface area contributed by atoms with Crippen molar-refractivity contribution in [2.24, 2.45) is 11.8 Å². The van der Waals surface area contributed by atoms with Crippen molar-refractivity contribution in [2.45, 2.75) is 59.5 Å². The van der Waals surface area contributed by atoms with Crippen molar-refractivity contribution in [1.29, 1.82) is 0 Å². The largest absolute Gasteiger partial charge is 0.316 e. The van der Waals surface area contributed by atoms with Gasteiger partial charge in [-0.15, -0.1) is 0 Å². The van der Waals surface area contributed by atoms with E-state index in [0.717, 1.165) is 18.4 Å². The lowest BCUT2D eigenvalue weighted by molar-refractivity contribution is 0.198. The average molecular weight is 249 g/mol. The first-order valence-electron chi connectivity index (χ1n) is 7.23. The summed E-state index contributed by atoms with van der Waals surface area (Å²) in [6.45, 7) is 10.0. The molecule has 0 radical (unpaired) electrons. The van der Waals surface area contributed by atoms with Crippen molar-refractivity contribution in [3.05, 3.63) is 17.0 Å². The first-order valence-corrected chi connectivity index (χ1v) is 7.23. The quantitative estimate of drug-likeness (QED) is 0.891. The van der Waals surface area contributed by atoms with Gasteiger partial charge in [0, 0.05) is 17.8 Å². The van der Waals surface area contributed by atoms with Crippen molar-refractivity contribution >= 4 is 0 Å². The van der Waals surface area contributed by atoms with Crippen LogP contribution in [0.25, 0.3) is 0 Å². The zero-order valence-electron chi connectivity index (χ0n) is 12.5. The van der Waals surface area contributed by atoms with Crippen LogP contribution >= 0.6 is 0 Å². The summed E-state index contributed by atoms with van der Waals surface area (Å²) in [5, 5.41) is 8.03. The topological polar surface area (TPSA) is 29.9 Å². The van der Waals surface area contributed by atoms with Crippen LogP contribution in [0.2, 0.25) is 0 Å². The van der Waals surface area contributed by atoms with Crippen LogP contribution in [0.4, 0.5) is 0 Å². The Morgan fingerprint density at radius 3 is 2.56 bits per heavy atom. The van der Waals surface area contributed by atoms with E-state index in [1.54, 1.807) is 0 Å². The minimum Gasteiger partial charge on any atom is -0.316 e. The number of hydrogen-bond acceptors (Lipinski definition) is 2. The summed E-state index contributed by atoms with van der Waals surface area (Å²) in [4.78, 5) is 0. The predicted molar refractivity (Wildman–Crippen MR) is 75.7 cm³/mol. The molecule has 1 aromatic rings. The van der Waals surface area contributed by atoms with Gasteiger partial charge in [-0.05, 0) is 52.0 Å². The second-order valence-corrected chi connectivity index (χ2v) is 6.05.